The number of ether oxygens (including phenoxy) is 1. The Morgan fingerprint density at radius 2 is 1.90 bits per heavy atom. The quantitative estimate of drug-likeness (QED) is 0.444. The van der Waals surface area contributed by atoms with Crippen LogP contribution in [0.25, 0.3) is 11.4 Å². The first-order valence-electron chi connectivity index (χ1n) is 9.23. The molecule has 0 saturated heterocycles. The van der Waals surface area contributed by atoms with Crippen LogP contribution in [0, 0.1) is 10.1 Å². The van der Waals surface area contributed by atoms with E-state index in [2.05, 4.69) is 10.1 Å². The highest BCUT2D eigenvalue weighted by molar-refractivity contribution is 5.95. The van der Waals surface area contributed by atoms with Crippen LogP contribution in [0.4, 0.5) is 5.69 Å². The highest BCUT2D eigenvalue weighted by atomic mass is 16.6. The van der Waals surface area contributed by atoms with Crippen molar-refractivity contribution in [2.45, 2.75) is 32.9 Å². The molecule has 0 aliphatic carbocycles. The fourth-order valence-corrected chi connectivity index (χ4v) is 2.89. The Labute approximate surface area is 173 Å². The van der Waals surface area contributed by atoms with Gasteiger partial charge in [0.25, 0.3) is 5.91 Å². The minimum absolute atomic E-state index is 0.0575. The third-order valence-corrected chi connectivity index (χ3v) is 4.47. The van der Waals surface area contributed by atoms with E-state index in [0.717, 1.165) is 5.56 Å². The summed E-state index contributed by atoms with van der Waals surface area (Å²) in [5.74, 6) is 0.378. The smallest absolute Gasteiger partial charge is 0.311 e. The third kappa shape index (κ3) is 4.45. The summed E-state index contributed by atoms with van der Waals surface area (Å²) in [5.41, 5.74) is 0.0844. The molecule has 0 atom stereocenters. The van der Waals surface area contributed by atoms with Crippen molar-refractivity contribution in [1.29, 1.82) is 0 Å². The van der Waals surface area contributed by atoms with Crippen molar-refractivity contribution < 1.29 is 19.0 Å². The van der Waals surface area contributed by atoms with Crippen LogP contribution in [0.15, 0.2) is 53.1 Å². The minimum atomic E-state index is -0.604. The van der Waals surface area contributed by atoms with Crippen LogP contribution in [0.3, 0.4) is 0 Å². The van der Waals surface area contributed by atoms with E-state index in [1.54, 1.807) is 0 Å². The second-order valence-electron chi connectivity index (χ2n) is 7.58. The summed E-state index contributed by atoms with van der Waals surface area (Å²) in [7, 11) is 1.34. The molecule has 0 aliphatic heterocycles. The lowest BCUT2D eigenvalue weighted by molar-refractivity contribution is -0.385. The summed E-state index contributed by atoms with van der Waals surface area (Å²) in [4.78, 5) is 29.9. The highest BCUT2D eigenvalue weighted by Crippen LogP contribution is 2.29. The Kier molecular flexibility index (Phi) is 5.81. The molecule has 1 aromatic heterocycles. The van der Waals surface area contributed by atoms with Crippen LogP contribution in [0.5, 0.6) is 5.75 Å². The average molecular weight is 410 g/mol. The van der Waals surface area contributed by atoms with Gasteiger partial charge in [-0.3, -0.25) is 14.9 Å². The number of hydrogen-bond acceptors (Lipinski definition) is 7. The molecule has 1 heterocycles. The van der Waals surface area contributed by atoms with Gasteiger partial charge in [-0.2, -0.15) is 4.98 Å². The maximum atomic E-state index is 13.2. The predicted molar refractivity (Wildman–Crippen MR) is 109 cm³/mol. The molecule has 9 nitrogen and oxygen atoms in total. The lowest BCUT2D eigenvalue weighted by Gasteiger charge is -2.34. The maximum Gasteiger partial charge on any atom is 0.311 e. The summed E-state index contributed by atoms with van der Waals surface area (Å²) >= 11 is 0. The average Bonchev–Trinajstić information content (AvgIpc) is 3.19. The van der Waals surface area contributed by atoms with E-state index >= 15 is 0 Å². The number of methoxy groups -OCH3 is 1. The second-order valence-corrected chi connectivity index (χ2v) is 7.58. The molecule has 0 aliphatic rings. The standard InChI is InChI=1S/C21H22N4O5/c1-21(2,3)24(13-18-22-19(23-30-18)14-8-6-5-7-9-14)20(26)15-10-11-17(29-4)16(12-15)25(27)28/h5-12H,13H2,1-4H3. The molecule has 2 aromatic carbocycles. The van der Waals surface area contributed by atoms with E-state index in [1.807, 2.05) is 51.1 Å². The zero-order valence-corrected chi connectivity index (χ0v) is 17.2. The largest absolute Gasteiger partial charge is 0.490 e. The van der Waals surface area contributed by atoms with E-state index in [9.17, 15) is 14.9 Å². The Morgan fingerprint density at radius 1 is 1.20 bits per heavy atom. The van der Waals surface area contributed by atoms with Gasteiger partial charge in [-0.25, -0.2) is 0 Å². The summed E-state index contributed by atoms with van der Waals surface area (Å²) < 4.78 is 10.4. The van der Waals surface area contributed by atoms with Crippen LogP contribution in [-0.4, -0.2) is 38.5 Å². The number of amides is 1. The van der Waals surface area contributed by atoms with Crippen LogP contribution < -0.4 is 4.74 Å². The Bertz CT molecular complexity index is 1060. The predicted octanol–water partition coefficient (Wildman–Crippen LogP) is 4.09. The first-order chi connectivity index (χ1) is 14.2. The van der Waals surface area contributed by atoms with Crippen molar-refractivity contribution in [2.24, 2.45) is 0 Å². The zero-order valence-electron chi connectivity index (χ0n) is 17.2. The number of hydrogen-bond donors (Lipinski definition) is 0. The Hall–Kier alpha value is -3.75. The lowest BCUT2D eigenvalue weighted by Crippen LogP contribution is -2.45. The molecule has 0 saturated carbocycles. The van der Waals surface area contributed by atoms with Crippen molar-refractivity contribution in [2.75, 3.05) is 7.11 Å². The molecule has 3 aromatic rings. The minimum Gasteiger partial charge on any atom is -0.490 e. The Balaban J connectivity index is 1.90. The molecular weight excluding hydrogens is 388 g/mol. The van der Waals surface area contributed by atoms with Gasteiger partial charge >= 0.3 is 5.69 Å². The van der Waals surface area contributed by atoms with Gasteiger partial charge in [0.1, 0.15) is 6.54 Å². The number of nitrogens with zero attached hydrogens (tertiary/aromatic N) is 4. The Morgan fingerprint density at radius 3 is 2.50 bits per heavy atom. The first kappa shape index (κ1) is 21.0. The van der Waals surface area contributed by atoms with Gasteiger partial charge in [-0.1, -0.05) is 35.5 Å². The summed E-state index contributed by atoms with van der Waals surface area (Å²) in [6.45, 7) is 5.63. The SMILES string of the molecule is COc1ccc(C(=O)N(Cc2nc(-c3ccccc3)no2)C(C)(C)C)cc1[N+](=O)[O-]. The molecule has 0 radical (unpaired) electrons. The fourth-order valence-electron chi connectivity index (χ4n) is 2.89. The molecular formula is C21H22N4O5. The highest BCUT2D eigenvalue weighted by Gasteiger charge is 2.31. The van der Waals surface area contributed by atoms with E-state index in [1.165, 1.54) is 30.2 Å². The van der Waals surface area contributed by atoms with Gasteiger partial charge in [-0.05, 0) is 32.9 Å². The molecule has 0 spiro atoms. The van der Waals surface area contributed by atoms with Crippen LogP contribution in [-0.2, 0) is 6.54 Å². The summed E-state index contributed by atoms with van der Waals surface area (Å²) in [6, 6.07) is 13.5. The maximum absolute atomic E-state index is 13.2. The molecule has 0 fully saturated rings. The second kappa shape index (κ2) is 8.32. The first-order valence-corrected chi connectivity index (χ1v) is 9.23. The zero-order chi connectivity index (χ0) is 21.9. The van der Waals surface area contributed by atoms with Crippen LogP contribution in [0.2, 0.25) is 0 Å². The van der Waals surface area contributed by atoms with E-state index < -0.39 is 16.4 Å². The number of aromatic nitrogens is 2. The molecule has 0 bridgehead atoms. The normalized spacial score (nSPS) is 11.2. The van der Waals surface area contributed by atoms with Gasteiger partial charge in [0.05, 0.1) is 12.0 Å². The van der Waals surface area contributed by atoms with Crippen molar-refractivity contribution in [3.8, 4) is 17.1 Å². The number of nitro benzene ring substituents is 1. The van der Waals surface area contributed by atoms with Gasteiger partial charge in [0.15, 0.2) is 5.75 Å². The number of nitro groups is 1. The van der Waals surface area contributed by atoms with E-state index in [0.29, 0.717) is 5.82 Å². The summed E-state index contributed by atoms with van der Waals surface area (Å²) in [5, 5.41) is 15.3. The molecule has 1 amide bonds. The molecule has 30 heavy (non-hydrogen) atoms. The molecule has 0 N–H and O–H groups in total. The summed E-state index contributed by atoms with van der Waals surface area (Å²) in [6.07, 6.45) is 0. The number of rotatable bonds is 6. The van der Waals surface area contributed by atoms with Crippen molar-refractivity contribution in [3.63, 3.8) is 0 Å². The van der Waals surface area contributed by atoms with Crippen LogP contribution in [0.1, 0.15) is 37.0 Å². The molecule has 0 unspecified atom stereocenters. The van der Waals surface area contributed by atoms with E-state index in [-0.39, 0.29) is 29.4 Å². The lowest BCUT2D eigenvalue weighted by atomic mass is 10.0. The van der Waals surface area contributed by atoms with Crippen molar-refractivity contribution >= 4 is 11.6 Å². The topological polar surface area (TPSA) is 112 Å². The molecule has 156 valence electrons. The molecule has 9 heteroatoms. The fraction of sp³-hybridized carbons (Fsp3) is 0.286. The van der Waals surface area contributed by atoms with Crippen LogP contribution >= 0.6 is 0 Å². The van der Waals surface area contributed by atoms with Gasteiger partial charge < -0.3 is 14.2 Å². The number of carbonyl (C=O) groups excluding carboxylic acids is 1. The number of benzene rings is 2. The van der Waals surface area contributed by atoms with Crippen molar-refractivity contribution in [3.05, 3.63) is 70.1 Å². The number of carbonyl (C=O) groups is 1. The van der Waals surface area contributed by atoms with Gasteiger partial charge in [-0.15, -0.1) is 0 Å². The third-order valence-electron chi connectivity index (χ3n) is 4.47. The monoisotopic (exact) mass is 410 g/mol. The van der Waals surface area contributed by atoms with E-state index in [4.69, 9.17) is 9.26 Å². The van der Waals surface area contributed by atoms with Crippen molar-refractivity contribution in [1.82, 2.24) is 15.0 Å². The molecule has 3 rings (SSSR count). The van der Waals surface area contributed by atoms with Gasteiger partial charge in [0.2, 0.25) is 11.7 Å². The van der Waals surface area contributed by atoms with Gasteiger partial charge in [0, 0.05) is 22.7 Å².